The van der Waals surface area contributed by atoms with Crippen LogP contribution in [0.1, 0.15) is 35.2 Å². The average Bonchev–Trinajstić information content (AvgIpc) is 3.55. The summed E-state index contributed by atoms with van der Waals surface area (Å²) in [6, 6.07) is 19.9. The van der Waals surface area contributed by atoms with Crippen LogP contribution in [0.3, 0.4) is 0 Å². The minimum absolute atomic E-state index is 0.0290. The van der Waals surface area contributed by atoms with E-state index in [4.69, 9.17) is 9.26 Å². The van der Waals surface area contributed by atoms with E-state index in [-0.39, 0.29) is 12.3 Å². The lowest BCUT2D eigenvalue weighted by Gasteiger charge is -2.23. The van der Waals surface area contributed by atoms with E-state index < -0.39 is 0 Å². The largest absolute Gasteiger partial charge is 0.496 e. The predicted molar refractivity (Wildman–Crippen MR) is 129 cm³/mol. The van der Waals surface area contributed by atoms with E-state index in [1.54, 1.807) is 18.4 Å². The molecule has 0 radical (unpaired) electrons. The monoisotopic (exact) mass is 461 g/mol. The minimum atomic E-state index is 0.0290. The van der Waals surface area contributed by atoms with Crippen LogP contribution in [-0.4, -0.2) is 28.1 Å². The van der Waals surface area contributed by atoms with Gasteiger partial charge in [0.1, 0.15) is 5.75 Å². The highest BCUT2D eigenvalue weighted by Gasteiger charge is 2.19. The Morgan fingerprint density at radius 2 is 1.88 bits per heavy atom. The molecule has 33 heavy (non-hydrogen) atoms. The Bertz CT molecular complexity index is 1170. The molecule has 2 heterocycles. The zero-order chi connectivity index (χ0) is 23.0. The summed E-state index contributed by atoms with van der Waals surface area (Å²) in [5, 5.41) is 6.11. The molecule has 2 aromatic carbocycles. The Balaban J connectivity index is 1.43. The van der Waals surface area contributed by atoms with E-state index in [0.717, 1.165) is 28.2 Å². The molecule has 0 fully saturated rings. The van der Waals surface area contributed by atoms with Crippen molar-refractivity contribution in [3.8, 4) is 17.1 Å². The van der Waals surface area contributed by atoms with Crippen LogP contribution in [0.25, 0.3) is 11.4 Å². The van der Waals surface area contributed by atoms with Gasteiger partial charge in [0.15, 0.2) is 0 Å². The third-order valence-corrected chi connectivity index (χ3v) is 6.34. The lowest BCUT2D eigenvalue weighted by atomic mass is 10.1. The highest BCUT2D eigenvalue weighted by molar-refractivity contribution is 7.09. The molecular formula is C26H27N3O3S. The average molecular weight is 462 g/mol. The lowest BCUT2D eigenvalue weighted by Crippen LogP contribution is -2.30. The van der Waals surface area contributed by atoms with Crippen molar-refractivity contribution in [1.82, 2.24) is 15.0 Å². The number of para-hydroxylation sites is 1. The van der Waals surface area contributed by atoms with E-state index in [0.29, 0.717) is 31.2 Å². The Morgan fingerprint density at radius 1 is 1.06 bits per heavy atom. The SMILES string of the molecule is CCc1ccc(-c2noc(CCC(=O)N(Cc3cccs3)Cc3ccccc3OC)n2)cc1. The number of rotatable bonds is 10. The second-order valence-corrected chi connectivity index (χ2v) is 8.74. The number of aryl methyl sites for hydroxylation is 2. The van der Waals surface area contributed by atoms with Gasteiger partial charge in [0.05, 0.1) is 13.7 Å². The molecule has 0 saturated heterocycles. The zero-order valence-corrected chi connectivity index (χ0v) is 19.7. The van der Waals surface area contributed by atoms with Crippen molar-refractivity contribution in [2.24, 2.45) is 0 Å². The lowest BCUT2D eigenvalue weighted by molar-refractivity contribution is -0.132. The molecular weight excluding hydrogens is 434 g/mol. The van der Waals surface area contributed by atoms with Crippen LogP contribution in [-0.2, 0) is 30.7 Å². The van der Waals surface area contributed by atoms with Gasteiger partial charge in [-0.25, -0.2) is 0 Å². The van der Waals surface area contributed by atoms with Gasteiger partial charge in [-0.2, -0.15) is 4.98 Å². The summed E-state index contributed by atoms with van der Waals surface area (Å²) in [6.45, 7) is 3.14. The second-order valence-electron chi connectivity index (χ2n) is 7.70. The van der Waals surface area contributed by atoms with Crippen LogP contribution in [0.5, 0.6) is 5.75 Å². The molecule has 0 atom stereocenters. The molecule has 0 saturated carbocycles. The van der Waals surface area contributed by atoms with Gasteiger partial charge in [-0.1, -0.05) is 60.6 Å². The summed E-state index contributed by atoms with van der Waals surface area (Å²) in [5.41, 5.74) is 3.14. The summed E-state index contributed by atoms with van der Waals surface area (Å²) in [4.78, 5) is 20.7. The number of nitrogens with zero attached hydrogens (tertiary/aromatic N) is 3. The maximum absolute atomic E-state index is 13.2. The number of thiophene rings is 1. The first-order valence-corrected chi connectivity index (χ1v) is 11.9. The van der Waals surface area contributed by atoms with Crippen molar-refractivity contribution < 1.29 is 14.1 Å². The fraction of sp³-hybridized carbons (Fsp3) is 0.269. The van der Waals surface area contributed by atoms with Crippen molar-refractivity contribution in [1.29, 1.82) is 0 Å². The molecule has 0 aliphatic rings. The molecule has 0 bridgehead atoms. The third kappa shape index (κ3) is 5.87. The molecule has 0 unspecified atom stereocenters. The first kappa shape index (κ1) is 22.7. The standard InChI is InChI=1S/C26H27N3O3S/c1-3-19-10-12-20(13-11-19)26-27-24(32-28-26)14-15-25(30)29(18-22-8-6-16-33-22)17-21-7-4-5-9-23(21)31-2/h4-13,16H,3,14-15,17-18H2,1-2H3. The number of benzene rings is 2. The molecule has 4 rings (SSSR count). The van der Waals surface area contributed by atoms with Gasteiger partial charge in [0.2, 0.25) is 17.6 Å². The van der Waals surface area contributed by atoms with Gasteiger partial charge in [-0.15, -0.1) is 11.3 Å². The summed E-state index contributed by atoms with van der Waals surface area (Å²) >= 11 is 1.64. The van der Waals surface area contributed by atoms with Crippen LogP contribution in [0, 0.1) is 0 Å². The molecule has 6 nitrogen and oxygen atoms in total. The van der Waals surface area contributed by atoms with Gasteiger partial charge in [0, 0.05) is 35.4 Å². The number of carbonyl (C=O) groups excluding carboxylic acids is 1. The normalized spacial score (nSPS) is 10.8. The van der Waals surface area contributed by atoms with Crippen molar-refractivity contribution >= 4 is 17.2 Å². The van der Waals surface area contributed by atoms with Gasteiger partial charge < -0.3 is 14.2 Å². The van der Waals surface area contributed by atoms with Gasteiger partial charge in [0.25, 0.3) is 0 Å². The second kappa shape index (κ2) is 10.9. The fourth-order valence-electron chi connectivity index (χ4n) is 3.60. The Morgan fingerprint density at radius 3 is 2.61 bits per heavy atom. The zero-order valence-electron chi connectivity index (χ0n) is 18.9. The number of hydrogen-bond donors (Lipinski definition) is 0. The number of aromatic nitrogens is 2. The van der Waals surface area contributed by atoms with Crippen molar-refractivity contribution in [2.45, 2.75) is 39.3 Å². The van der Waals surface area contributed by atoms with E-state index in [9.17, 15) is 4.79 Å². The van der Waals surface area contributed by atoms with E-state index >= 15 is 0 Å². The van der Waals surface area contributed by atoms with Crippen molar-refractivity contribution in [3.63, 3.8) is 0 Å². The molecule has 2 aromatic heterocycles. The van der Waals surface area contributed by atoms with Crippen molar-refractivity contribution in [3.05, 3.63) is 87.9 Å². The molecule has 0 spiro atoms. The highest BCUT2D eigenvalue weighted by Crippen LogP contribution is 2.23. The molecule has 0 aliphatic heterocycles. The minimum Gasteiger partial charge on any atom is -0.496 e. The fourth-order valence-corrected chi connectivity index (χ4v) is 4.32. The summed E-state index contributed by atoms with van der Waals surface area (Å²) in [7, 11) is 1.65. The van der Waals surface area contributed by atoms with Crippen LogP contribution < -0.4 is 4.74 Å². The number of ether oxygens (including phenoxy) is 1. The van der Waals surface area contributed by atoms with Gasteiger partial charge in [-0.3, -0.25) is 4.79 Å². The first-order chi connectivity index (χ1) is 16.2. The maximum atomic E-state index is 13.2. The van der Waals surface area contributed by atoms with E-state index in [1.807, 2.05) is 58.8 Å². The Labute approximate surface area is 197 Å². The molecule has 0 N–H and O–H groups in total. The van der Waals surface area contributed by atoms with Crippen LogP contribution in [0.4, 0.5) is 0 Å². The van der Waals surface area contributed by atoms with E-state index in [2.05, 4.69) is 29.2 Å². The highest BCUT2D eigenvalue weighted by atomic mass is 32.1. The predicted octanol–water partition coefficient (Wildman–Crippen LogP) is 5.53. The summed E-state index contributed by atoms with van der Waals surface area (Å²) in [5.74, 6) is 1.81. The number of carbonyl (C=O) groups is 1. The van der Waals surface area contributed by atoms with Gasteiger partial charge in [-0.05, 0) is 29.5 Å². The number of hydrogen-bond acceptors (Lipinski definition) is 6. The number of methoxy groups -OCH3 is 1. The van der Waals surface area contributed by atoms with Crippen LogP contribution in [0.15, 0.2) is 70.6 Å². The van der Waals surface area contributed by atoms with Crippen LogP contribution >= 0.6 is 11.3 Å². The quantitative estimate of drug-likeness (QED) is 0.311. The first-order valence-electron chi connectivity index (χ1n) is 11.0. The number of amides is 1. The Hall–Kier alpha value is -3.45. The molecule has 170 valence electrons. The maximum Gasteiger partial charge on any atom is 0.227 e. The molecule has 4 aromatic rings. The molecule has 0 aliphatic carbocycles. The molecule has 7 heteroatoms. The Kier molecular flexibility index (Phi) is 7.52. The van der Waals surface area contributed by atoms with Gasteiger partial charge >= 0.3 is 0 Å². The smallest absolute Gasteiger partial charge is 0.227 e. The van der Waals surface area contributed by atoms with E-state index in [1.165, 1.54) is 5.56 Å². The van der Waals surface area contributed by atoms with Crippen molar-refractivity contribution in [2.75, 3.05) is 7.11 Å². The molecule has 1 amide bonds. The summed E-state index contributed by atoms with van der Waals surface area (Å²) in [6.07, 6.45) is 1.67. The summed E-state index contributed by atoms with van der Waals surface area (Å²) < 4.78 is 10.9. The van der Waals surface area contributed by atoms with Crippen LogP contribution in [0.2, 0.25) is 0 Å². The third-order valence-electron chi connectivity index (χ3n) is 5.47. The topological polar surface area (TPSA) is 68.5 Å².